The third kappa shape index (κ3) is 4.14. The molecule has 2 N–H and O–H groups in total. The van der Waals surface area contributed by atoms with E-state index < -0.39 is 11.6 Å². The molecular weight excluding hydrogens is 428 g/mol. The molecule has 0 spiro atoms. The summed E-state index contributed by atoms with van der Waals surface area (Å²) in [6, 6.07) is 18.7. The molecule has 0 bridgehead atoms. The number of nitrogens with zero attached hydrogens (tertiary/aromatic N) is 1. The predicted molar refractivity (Wildman–Crippen MR) is 129 cm³/mol. The van der Waals surface area contributed by atoms with Crippen LogP contribution in [0.5, 0.6) is 0 Å². The van der Waals surface area contributed by atoms with Gasteiger partial charge in [-0.15, -0.1) is 0 Å². The first-order valence-electron chi connectivity index (χ1n) is 12.6. The summed E-state index contributed by atoms with van der Waals surface area (Å²) >= 11 is 0. The van der Waals surface area contributed by atoms with Crippen LogP contribution in [0.2, 0.25) is 0 Å². The lowest BCUT2D eigenvalue weighted by molar-refractivity contribution is -0.150. The average Bonchev–Trinajstić information content (AvgIpc) is 3.27. The highest BCUT2D eigenvalue weighted by molar-refractivity contribution is 5.87. The third-order valence-corrected chi connectivity index (χ3v) is 8.02. The quantitative estimate of drug-likeness (QED) is 0.588. The normalized spacial score (nSPS) is 26.9. The zero-order chi connectivity index (χ0) is 23.7. The van der Waals surface area contributed by atoms with Crippen molar-refractivity contribution in [3.8, 4) is 0 Å². The lowest BCUT2D eigenvalue weighted by Gasteiger charge is -2.34. The first-order valence-corrected chi connectivity index (χ1v) is 12.6. The molecule has 2 aromatic rings. The lowest BCUT2D eigenvalue weighted by atomic mass is 9.79. The van der Waals surface area contributed by atoms with E-state index in [-0.39, 0.29) is 35.7 Å². The van der Waals surface area contributed by atoms with Gasteiger partial charge >= 0.3 is 5.97 Å². The summed E-state index contributed by atoms with van der Waals surface area (Å²) in [5.41, 5.74) is 0.118. The maximum Gasteiger partial charge on any atom is 0.327 e. The first-order chi connectivity index (χ1) is 16.5. The summed E-state index contributed by atoms with van der Waals surface area (Å²) in [6.07, 6.45) is 3.82. The average molecular weight is 463 g/mol. The van der Waals surface area contributed by atoms with Gasteiger partial charge in [0.25, 0.3) is 5.91 Å². The fourth-order valence-corrected chi connectivity index (χ4v) is 6.19. The van der Waals surface area contributed by atoms with Crippen LogP contribution < -0.4 is 5.32 Å². The van der Waals surface area contributed by atoms with Crippen molar-refractivity contribution in [2.24, 2.45) is 17.8 Å². The summed E-state index contributed by atoms with van der Waals surface area (Å²) < 4.78 is 5.38. The van der Waals surface area contributed by atoms with Gasteiger partial charge in [-0.25, -0.2) is 4.79 Å². The van der Waals surface area contributed by atoms with Crippen LogP contribution in [-0.4, -0.2) is 47.6 Å². The van der Waals surface area contributed by atoms with Crippen LogP contribution in [0.3, 0.4) is 0 Å². The maximum atomic E-state index is 13.5. The molecule has 6 nitrogen and oxygen atoms in total. The smallest absolute Gasteiger partial charge is 0.327 e. The fraction of sp³-hybridized carbons (Fsp3) is 0.500. The van der Waals surface area contributed by atoms with Gasteiger partial charge in [-0.3, -0.25) is 9.69 Å². The highest BCUT2D eigenvalue weighted by Gasteiger charge is 2.60. The zero-order valence-electron chi connectivity index (χ0n) is 19.7. The van der Waals surface area contributed by atoms with Gasteiger partial charge in [0.15, 0.2) is 5.60 Å². The van der Waals surface area contributed by atoms with E-state index in [1.807, 2.05) is 67.6 Å². The zero-order valence-corrected chi connectivity index (χ0v) is 19.7. The molecule has 3 unspecified atom stereocenters. The minimum absolute atomic E-state index is 0.0407. The van der Waals surface area contributed by atoms with E-state index >= 15 is 0 Å². The van der Waals surface area contributed by atoms with E-state index in [4.69, 9.17) is 4.74 Å². The number of hydrogen-bond acceptors (Lipinski definition) is 5. The second-order valence-electron chi connectivity index (χ2n) is 9.96. The van der Waals surface area contributed by atoms with Gasteiger partial charge in [0.2, 0.25) is 0 Å². The number of carbonyl (C=O) groups is 2. The van der Waals surface area contributed by atoms with E-state index in [0.29, 0.717) is 12.2 Å². The number of esters is 1. The van der Waals surface area contributed by atoms with Gasteiger partial charge in [-0.05, 0) is 42.7 Å². The molecule has 5 atom stereocenters. The number of fused-ring (bicyclic) bond motifs is 1. The standard InChI is InChI=1S/C28H34N2O4/c1-2-34-26(31)25(19-11-5-3-6-12-19)30-17-22-23(18-30)24(22)29-27(32)28(33,21-15-9-10-16-21)20-13-7-4-8-14-20/h3-8,11-14,21-25,33H,2,9-10,15-18H2,1H3,(H,29,32)/t22-,23+,24?,25?,28?. The molecule has 2 saturated carbocycles. The Labute approximate surface area is 201 Å². The molecule has 0 radical (unpaired) electrons. The fourth-order valence-electron chi connectivity index (χ4n) is 6.19. The van der Waals surface area contributed by atoms with Crippen molar-refractivity contribution in [1.29, 1.82) is 0 Å². The minimum atomic E-state index is -1.49. The maximum absolute atomic E-state index is 13.5. The van der Waals surface area contributed by atoms with E-state index in [0.717, 1.165) is 44.3 Å². The van der Waals surface area contributed by atoms with Crippen LogP contribution in [0.1, 0.15) is 49.8 Å². The number of likely N-dealkylation sites (tertiary alicyclic amines) is 1. The number of ether oxygens (including phenoxy) is 1. The Balaban J connectivity index is 1.28. The van der Waals surface area contributed by atoms with Crippen LogP contribution in [0, 0.1) is 17.8 Å². The Morgan fingerprint density at radius 3 is 2.21 bits per heavy atom. The van der Waals surface area contributed by atoms with E-state index in [1.165, 1.54) is 0 Å². The highest BCUT2D eigenvalue weighted by atomic mass is 16.5. The van der Waals surface area contributed by atoms with Gasteiger partial charge in [0, 0.05) is 25.0 Å². The number of amides is 1. The Morgan fingerprint density at radius 2 is 1.62 bits per heavy atom. The topological polar surface area (TPSA) is 78.9 Å². The van der Waals surface area contributed by atoms with Gasteiger partial charge in [-0.2, -0.15) is 0 Å². The monoisotopic (exact) mass is 462 g/mol. The summed E-state index contributed by atoms with van der Waals surface area (Å²) in [6.45, 7) is 3.62. The van der Waals surface area contributed by atoms with Crippen LogP contribution in [0.4, 0.5) is 0 Å². The molecule has 1 saturated heterocycles. The van der Waals surface area contributed by atoms with Gasteiger partial charge in [0.05, 0.1) is 6.61 Å². The number of carbonyl (C=O) groups excluding carboxylic acids is 2. The molecule has 3 fully saturated rings. The lowest BCUT2D eigenvalue weighted by Crippen LogP contribution is -2.51. The summed E-state index contributed by atoms with van der Waals surface area (Å²) in [7, 11) is 0. The van der Waals surface area contributed by atoms with E-state index in [9.17, 15) is 14.7 Å². The van der Waals surface area contributed by atoms with Crippen molar-refractivity contribution >= 4 is 11.9 Å². The van der Waals surface area contributed by atoms with Crippen LogP contribution in [0.25, 0.3) is 0 Å². The highest BCUT2D eigenvalue weighted by Crippen LogP contribution is 2.49. The predicted octanol–water partition coefficient (Wildman–Crippen LogP) is 3.42. The third-order valence-electron chi connectivity index (χ3n) is 8.02. The Kier molecular flexibility index (Phi) is 6.45. The number of hydrogen-bond donors (Lipinski definition) is 2. The molecule has 6 heteroatoms. The Bertz CT molecular complexity index is 996. The van der Waals surface area contributed by atoms with Crippen LogP contribution in [-0.2, 0) is 19.9 Å². The summed E-state index contributed by atoms with van der Waals surface area (Å²) in [5, 5.41) is 14.9. The molecule has 1 heterocycles. The molecule has 0 aromatic heterocycles. The minimum Gasteiger partial charge on any atom is -0.465 e. The van der Waals surface area contributed by atoms with Crippen molar-refractivity contribution < 1.29 is 19.4 Å². The van der Waals surface area contributed by atoms with Crippen LogP contribution in [0.15, 0.2) is 60.7 Å². The number of piperidine rings is 1. The number of rotatable bonds is 8. The second kappa shape index (κ2) is 9.51. The largest absolute Gasteiger partial charge is 0.465 e. The van der Waals surface area contributed by atoms with Gasteiger partial charge in [-0.1, -0.05) is 73.5 Å². The molecular formula is C28H34N2O4. The molecule has 2 aromatic carbocycles. The number of benzene rings is 2. The molecule has 180 valence electrons. The van der Waals surface area contributed by atoms with Crippen molar-refractivity contribution in [1.82, 2.24) is 10.2 Å². The van der Waals surface area contributed by atoms with E-state index in [2.05, 4.69) is 10.2 Å². The molecule has 5 rings (SSSR count). The number of nitrogens with one attached hydrogen (secondary N) is 1. The van der Waals surface area contributed by atoms with Crippen LogP contribution >= 0.6 is 0 Å². The Morgan fingerprint density at radius 1 is 1.03 bits per heavy atom. The first kappa shape index (κ1) is 23.1. The SMILES string of the molecule is CCOC(=O)C(c1ccccc1)N1C[C@@H]2C(NC(=O)C(O)(c3ccccc3)C3CCCC3)[C@@H]2C1. The van der Waals surface area contributed by atoms with Gasteiger partial charge in [0.1, 0.15) is 6.04 Å². The second-order valence-corrected chi connectivity index (χ2v) is 9.96. The Hall–Kier alpha value is -2.70. The van der Waals surface area contributed by atoms with Gasteiger partial charge < -0.3 is 15.2 Å². The molecule has 1 amide bonds. The summed E-state index contributed by atoms with van der Waals surface area (Å²) in [5.74, 6) is 0.00877. The van der Waals surface area contributed by atoms with Crippen molar-refractivity contribution in [2.45, 2.75) is 50.3 Å². The molecule has 1 aliphatic heterocycles. The molecule has 2 aliphatic carbocycles. The van der Waals surface area contributed by atoms with Crippen molar-refractivity contribution in [2.75, 3.05) is 19.7 Å². The number of aliphatic hydroxyl groups is 1. The van der Waals surface area contributed by atoms with Crippen molar-refractivity contribution in [3.63, 3.8) is 0 Å². The van der Waals surface area contributed by atoms with E-state index in [1.54, 1.807) is 0 Å². The molecule has 3 aliphatic rings. The summed E-state index contributed by atoms with van der Waals surface area (Å²) in [4.78, 5) is 28.5. The van der Waals surface area contributed by atoms with Crippen molar-refractivity contribution in [3.05, 3.63) is 71.8 Å². The molecule has 34 heavy (non-hydrogen) atoms.